The molecule has 1 N–H and O–H groups in total. The summed E-state index contributed by atoms with van der Waals surface area (Å²) in [5, 5.41) is 4.32. The van der Waals surface area contributed by atoms with Gasteiger partial charge >= 0.3 is 10.2 Å². The zero-order valence-electron chi connectivity index (χ0n) is 14.0. The van der Waals surface area contributed by atoms with Crippen molar-refractivity contribution in [3.63, 3.8) is 0 Å². The van der Waals surface area contributed by atoms with Crippen molar-refractivity contribution in [2.75, 3.05) is 21.0 Å². The standard InChI is InChI=1S/C17H17N5O2S2/c1-21-14-6-4-8-18-16(14)22(26(21,23)24)12-9-11(10-12)19-17-20-13-5-2-3-7-15(13)25-17/h2-8,11-12H,9-10H2,1H3,(H,19,20). The van der Waals surface area contributed by atoms with E-state index in [2.05, 4.69) is 21.4 Å². The van der Waals surface area contributed by atoms with Crippen molar-refractivity contribution >= 4 is 48.4 Å². The molecular formula is C17H17N5O2S2. The van der Waals surface area contributed by atoms with Crippen LogP contribution in [-0.2, 0) is 10.2 Å². The SMILES string of the molecule is CN1c2cccnc2N(C2CC(Nc3nc4ccccc4s3)C2)S1(=O)=O. The number of rotatable bonds is 3. The molecule has 9 heteroatoms. The van der Waals surface area contributed by atoms with E-state index in [-0.39, 0.29) is 12.1 Å². The van der Waals surface area contributed by atoms with E-state index in [0.717, 1.165) is 28.2 Å². The van der Waals surface area contributed by atoms with Gasteiger partial charge in [-0.2, -0.15) is 8.42 Å². The Kier molecular flexibility index (Phi) is 3.38. The Hall–Kier alpha value is -2.39. The van der Waals surface area contributed by atoms with Crippen LogP contribution in [-0.4, -0.2) is 37.5 Å². The summed E-state index contributed by atoms with van der Waals surface area (Å²) >= 11 is 1.62. The minimum atomic E-state index is -3.54. The predicted octanol–water partition coefficient (Wildman–Crippen LogP) is 2.84. The Morgan fingerprint density at radius 1 is 1.19 bits per heavy atom. The lowest BCUT2D eigenvalue weighted by molar-refractivity contribution is 0.373. The lowest BCUT2D eigenvalue weighted by atomic mass is 9.87. The summed E-state index contributed by atoms with van der Waals surface area (Å²) in [6.45, 7) is 0. The molecule has 3 aromatic rings. The highest BCUT2D eigenvalue weighted by Gasteiger charge is 2.47. The number of hydrogen-bond acceptors (Lipinski definition) is 6. The Morgan fingerprint density at radius 2 is 2.00 bits per heavy atom. The Labute approximate surface area is 155 Å². The van der Waals surface area contributed by atoms with Crippen LogP contribution < -0.4 is 13.9 Å². The zero-order valence-corrected chi connectivity index (χ0v) is 15.7. The number of pyridine rings is 1. The molecule has 1 saturated carbocycles. The third kappa shape index (κ3) is 2.27. The van der Waals surface area contributed by atoms with E-state index >= 15 is 0 Å². The van der Waals surface area contributed by atoms with Gasteiger partial charge < -0.3 is 5.32 Å². The molecule has 7 nitrogen and oxygen atoms in total. The van der Waals surface area contributed by atoms with Gasteiger partial charge in [-0.1, -0.05) is 23.5 Å². The second kappa shape index (κ2) is 5.55. The third-order valence-electron chi connectivity index (χ3n) is 4.98. The molecule has 1 aliphatic heterocycles. The average Bonchev–Trinajstić information content (AvgIpc) is 3.09. The first-order valence-corrected chi connectivity index (χ1v) is 10.6. The van der Waals surface area contributed by atoms with Gasteiger partial charge in [0.1, 0.15) is 0 Å². The fourth-order valence-corrected chi connectivity index (χ4v) is 6.04. The quantitative estimate of drug-likeness (QED) is 0.748. The maximum atomic E-state index is 12.7. The molecule has 0 saturated heterocycles. The van der Waals surface area contributed by atoms with Gasteiger partial charge in [-0.25, -0.2) is 14.3 Å². The third-order valence-corrected chi connectivity index (χ3v) is 7.80. The lowest BCUT2D eigenvalue weighted by Gasteiger charge is -2.40. The number of fused-ring (bicyclic) bond motifs is 2. The highest BCUT2D eigenvalue weighted by atomic mass is 32.2. The number of nitrogens with one attached hydrogen (secondary N) is 1. The van der Waals surface area contributed by atoms with E-state index in [1.54, 1.807) is 36.7 Å². The molecule has 1 aromatic carbocycles. The molecule has 0 unspecified atom stereocenters. The summed E-state index contributed by atoms with van der Waals surface area (Å²) in [6, 6.07) is 11.7. The second-order valence-corrected chi connectivity index (χ2v) is 9.44. The minimum Gasteiger partial charge on any atom is -0.359 e. The molecule has 1 aliphatic carbocycles. The van der Waals surface area contributed by atoms with Crippen LogP contribution in [0.1, 0.15) is 12.8 Å². The number of thiazole rings is 1. The molecule has 5 rings (SSSR count). The van der Waals surface area contributed by atoms with Gasteiger partial charge in [0.05, 0.1) is 21.9 Å². The first kappa shape index (κ1) is 15.8. The Balaban J connectivity index is 1.33. The first-order chi connectivity index (χ1) is 12.5. The lowest BCUT2D eigenvalue weighted by Crippen LogP contribution is -2.53. The molecule has 134 valence electrons. The maximum Gasteiger partial charge on any atom is 0.327 e. The molecule has 0 spiro atoms. The van der Waals surface area contributed by atoms with Gasteiger partial charge in [0.15, 0.2) is 10.9 Å². The number of aromatic nitrogens is 2. The molecule has 1 fully saturated rings. The molecule has 3 heterocycles. The Bertz CT molecular complexity index is 1060. The average molecular weight is 387 g/mol. The van der Waals surface area contributed by atoms with Crippen molar-refractivity contribution in [2.24, 2.45) is 0 Å². The zero-order chi connectivity index (χ0) is 17.9. The fourth-order valence-electron chi connectivity index (χ4n) is 3.54. The van der Waals surface area contributed by atoms with Crippen molar-refractivity contribution in [2.45, 2.75) is 24.9 Å². The van der Waals surface area contributed by atoms with E-state index in [4.69, 9.17) is 0 Å². The summed E-state index contributed by atoms with van der Waals surface area (Å²) in [5.41, 5.74) is 1.62. The van der Waals surface area contributed by atoms with E-state index in [1.807, 2.05) is 18.2 Å². The number of benzene rings is 1. The van der Waals surface area contributed by atoms with Crippen LogP contribution >= 0.6 is 11.3 Å². The van der Waals surface area contributed by atoms with Crippen molar-refractivity contribution < 1.29 is 8.42 Å². The predicted molar refractivity (Wildman–Crippen MR) is 104 cm³/mol. The Morgan fingerprint density at radius 3 is 2.81 bits per heavy atom. The molecule has 2 aromatic heterocycles. The van der Waals surface area contributed by atoms with Crippen molar-refractivity contribution in [3.8, 4) is 0 Å². The largest absolute Gasteiger partial charge is 0.359 e. The highest BCUT2D eigenvalue weighted by Crippen LogP contribution is 2.43. The smallest absolute Gasteiger partial charge is 0.327 e. The van der Waals surface area contributed by atoms with Crippen molar-refractivity contribution in [1.29, 1.82) is 0 Å². The summed E-state index contributed by atoms with van der Waals surface area (Å²) in [5.74, 6) is 0.526. The molecule has 0 radical (unpaired) electrons. The van der Waals surface area contributed by atoms with E-state index < -0.39 is 10.2 Å². The van der Waals surface area contributed by atoms with Crippen LogP contribution in [0, 0.1) is 0 Å². The number of para-hydroxylation sites is 1. The monoisotopic (exact) mass is 387 g/mol. The minimum absolute atomic E-state index is 0.0783. The van der Waals surface area contributed by atoms with Crippen LogP contribution in [0.3, 0.4) is 0 Å². The van der Waals surface area contributed by atoms with Crippen LogP contribution in [0.5, 0.6) is 0 Å². The van der Waals surface area contributed by atoms with E-state index in [1.165, 1.54) is 8.61 Å². The van der Waals surface area contributed by atoms with Gasteiger partial charge in [-0.05, 0) is 37.1 Å². The van der Waals surface area contributed by atoms with Crippen LogP contribution in [0.2, 0.25) is 0 Å². The van der Waals surface area contributed by atoms with Gasteiger partial charge in [-0.15, -0.1) is 0 Å². The van der Waals surface area contributed by atoms with Gasteiger partial charge in [0.25, 0.3) is 0 Å². The van der Waals surface area contributed by atoms with Gasteiger partial charge in [0, 0.05) is 19.3 Å². The molecule has 0 bridgehead atoms. The fraction of sp³-hybridized carbons (Fsp3) is 0.294. The number of hydrogen-bond donors (Lipinski definition) is 1. The van der Waals surface area contributed by atoms with Crippen LogP contribution in [0.25, 0.3) is 10.2 Å². The normalized spacial score (nSPS) is 23.7. The summed E-state index contributed by atoms with van der Waals surface area (Å²) in [4.78, 5) is 8.89. The molecule has 2 aliphatic rings. The number of nitrogens with zero attached hydrogens (tertiary/aromatic N) is 4. The van der Waals surface area contributed by atoms with E-state index in [9.17, 15) is 8.42 Å². The number of anilines is 3. The van der Waals surface area contributed by atoms with Crippen molar-refractivity contribution in [3.05, 3.63) is 42.6 Å². The summed E-state index contributed by atoms with van der Waals surface area (Å²) in [6.07, 6.45) is 3.11. The maximum absolute atomic E-state index is 12.7. The molecule has 26 heavy (non-hydrogen) atoms. The highest BCUT2D eigenvalue weighted by molar-refractivity contribution is 7.94. The van der Waals surface area contributed by atoms with Crippen LogP contribution in [0.4, 0.5) is 16.6 Å². The molecule has 0 amide bonds. The molecular weight excluding hydrogens is 370 g/mol. The first-order valence-electron chi connectivity index (χ1n) is 8.39. The summed E-state index contributed by atoms with van der Waals surface area (Å²) in [7, 11) is -1.96. The van der Waals surface area contributed by atoms with Crippen LogP contribution in [0.15, 0.2) is 42.6 Å². The van der Waals surface area contributed by atoms with Crippen molar-refractivity contribution in [1.82, 2.24) is 9.97 Å². The van der Waals surface area contributed by atoms with Gasteiger partial charge in [0.2, 0.25) is 0 Å². The topological polar surface area (TPSA) is 78.4 Å². The van der Waals surface area contributed by atoms with E-state index in [0.29, 0.717) is 11.5 Å². The molecule has 0 atom stereocenters. The second-order valence-electron chi connectivity index (χ2n) is 6.57. The summed E-state index contributed by atoms with van der Waals surface area (Å²) < 4.78 is 29.4. The van der Waals surface area contributed by atoms with Gasteiger partial charge in [-0.3, -0.25) is 4.31 Å².